The van der Waals surface area contributed by atoms with E-state index in [1.165, 1.54) is 6.20 Å². The van der Waals surface area contributed by atoms with Gasteiger partial charge in [-0.25, -0.2) is 9.37 Å². The lowest BCUT2D eigenvalue weighted by Crippen LogP contribution is -2.23. The van der Waals surface area contributed by atoms with Crippen molar-refractivity contribution in [3.63, 3.8) is 0 Å². The third-order valence-electron chi connectivity index (χ3n) is 3.01. The molecule has 0 bridgehead atoms. The predicted molar refractivity (Wildman–Crippen MR) is 79.2 cm³/mol. The van der Waals surface area contributed by atoms with Crippen LogP contribution in [-0.2, 0) is 6.54 Å². The number of amides is 1. The maximum atomic E-state index is 14.1. The Morgan fingerprint density at radius 3 is 3.00 bits per heavy atom. The molecule has 0 saturated heterocycles. The van der Waals surface area contributed by atoms with Crippen LogP contribution in [0.5, 0.6) is 0 Å². The Hall–Kier alpha value is -2.28. The summed E-state index contributed by atoms with van der Waals surface area (Å²) in [7, 11) is 0. The molecule has 3 rings (SSSR count). The molecular formula is C14H10BrFN4O. The largest absolute Gasteiger partial charge is 0.347 e. The lowest BCUT2D eigenvalue weighted by atomic mass is 10.2. The number of aromatic amines is 1. The fraction of sp³-hybridized carbons (Fsp3) is 0.0714. The number of fused-ring (bicyclic) bond motifs is 1. The first-order valence-electron chi connectivity index (χ1n) is 6.16. The third kappa shape index (κ3) is 2.64. The highest BCUT2D eigenvalue weighted by molar-refractivity contribution is 9.10. The number of nitrogens with zero attached hydrogens (tertiary/aromatic N) is 2. The summed E-state index contributed by atoms with van der Waals surface area (Å²) in [6.45, 7) is 0.185. The molecule has 0 aliphatic heterocycles. The van der Waals surface area contributed by atoms with E-state index in [0.717, 1.165) is 0 Å². The smallest absolute Gasteiger partial charge is 0.270 e. The van der Waals surface area contributed by atoms with E-state index in [-0.39, 0.29) is 16.9 Å². The van der Waals surface area contributed by atoms with E-state index < -0.39 is 5.82 Å². The summed E-state index contributed by atoms with van der Waals surface area (Å²) in [5.41, 5.74) is 1.38. The van der Waals surface area contributed by atoms with Crippen LogP contribution in [0, 0.1) is 5.82 Å². The molecule has 0 aromatic carbocycles. The van der Waals surface area contributed by atoms with E-state index in [1.54, 1.807) is 30.6 Å². The topological polar surface area (TPSA) is 70.7 Å². The molecule has 0 aliphatic rings. The van der Waals surface area contributed by atoms with Crippen LogP contribution in [0.1, 0.15) is 16.1 Å². The van der Waals surface area contributed by atoms with Crippen LogP contribution in [0.15, 0.2) is 41.3 Å². The Bertz CT molecular complexity index is 803. The van der Waals surface area contributed by atoms with E-state index in [4.69, 9.17) is 0 Å². The van der Waals surface area contributed by atoms with E-state index >= 15 is 0 Å². The Labute approximate surface area is 127 Å². The second-order valence-corrected chi connectivity index (χ2v) is 5.21. The van der Waals surface area contributed by atoms with Crippen molar-refractivity contribution in [2.45, 2.75) is 6.54 Å². The van der Waals surface area contributed by atoms with E-state index in [2.05, 4.69) is 36.2 Å². The highest BCUT2D eigenvalue weighted by atomic mass is 79.9. The molecule has 21 heavy (non-hydrogen) atoms. The Kier molecular flexibility index (Phi) is 3.66. The van der Waals surface area contributed by atoms with Crippen LogP contribution in [0.25, 0.3) is 11.0 Å². The van der Waals surface area contributed by atoms with Gasteiger partial charge in [0.05, 0.1) is 9.86 Å². The van der Waals surface area contributed by atoms with Gasteiger partial charge in [0, 0.05) is 30.7 Å². The van der Waals surface area contributed by atoms with Gasteiger partial charge in [0.25, 0.3) is 5.91 Å². The monoisotopic (exact) mass is 348 g/mol. The molecule has 5 nitrogen and oxygen atoms in total. The molecule has 106 valence electrons. The van der Waals surface area contributed by atoms with E-state index in [9.17, 15) is 9.18 Å². The molecule has 2 N–H and O–H groups in total. The summed E-state index contributed by atoms with van der Waals surface area (Å²) in [5, 5.41) is 3.08. The van der Waals surface area contributed by atoms with E-state index in [0.29, 0.717) is 22.3 Å². The van der Waals surface area contributed by atoms with Crippen LogP contribution >= 0.6 is 15.9 Å². The zero-order valence-corrected chi connectivity index (χ0v) is 12.3. The normalized spacial score (nSPS) is 10.8. The minimum absolute atomic E-state index is 0.185. The Morgan fingerprint density at radius 2 is 2.24 bits per heavy atom. The molecule has 1 amide bonds. The fourth-order valence-electron chi connectivity index (χ4n) is 2.00. The van der Waals surface area contributed by atoms with Crippen LogP contribution in [0.3, 0.4) is 0 Å². The van der Waals surface area contributed by atoms with Gasteiger partial charge < -0.3 is 10.3 Å². The molecule has 3 aromatic heterocycles. The molecule has 0 spiro atoms. The summed E-state index contributed by atoms with van der Waals surface area (Å²) >= 11 is 3.10. The van der Waals surface area contributed by atoms with Crippen LogP contribution < -0.4 is 5.32 Å². The quantitative estimate of drug-likeness (QED) is 0.764. The number of H-pyrrole nitrogens is 1. The number of carbonyl (C=O) groups excluding carboxylic acids is 1. The van der Waals surface area contributed by atoms with Gasteiger partial charge in [-0.15, -0.1) is 0 Å². The van der Waals surface area contributed by atoms with Crippen LogP contribution in [-0.4, -0.2) is 20.9 Å². The zero-order valence-electron chi connectivity index (χ0n) is 10.7. The first kappa shape index (κ1) is 13.7. The summed E-state index contributed by atoms with van der Waals surface area (Å²) in [6.07, 6.45) is 4.57. The maximum absolute atomic E-state index is 14.1. The Morgan fingerprint density at radius 1 is 1.38 bits per heavy atom. The molecular weight excluding hydrogens is 339 g/mol. The van der Waals surface area contributed by atoms with Gasteiger partial charge in [0.2, 0.25) is 0 Å². The molecule has 0 saturated carbocycles. The SMILES string of the molecule is O=C(NCc1c[nH]c2ncc(Br)c(F)c12)c1ccccn1. The van der Waals surface area contributed by atoms with Crippen molar-refractivity contribution < 1.29 is 9.18 Å². The van der Waals surface area contributed by atoms with Crippen molar-refractivity contribution in [1.29, 1.82) is 0 Å². The second-order valence-electron chi connectivity index (χ2n) is 4.36. The van der Waals surface area contributed by atoms with Gasteiger partial charge in [-0.3, -0.25) is 9.78 Å². The molecule has 0 unspecified atom stereocenters. The van der Waals surface area contributed by atoms with Gasteiger partial charge in [-0.2, -0.15) is 0 Å². The van der Waals surface area contributed by atoms with Crippen molar-refractivity contribution in [3.8, 4) is 0 Å². The molecule has 0 fully saturated rings. The molecule has 3 aromatic rings. The van der Waals surface area contributed by atoms with Crippen molar-refractivity contribution >= 4 is 32.9 Å². The number of rotatable bonds is 3. The minimum Gasteiger partial charge on any atom is -0.347 e. The number of halogens is 2. The van der Waals surface area contributed by atoms with Gasteiger partial charge in [-0.05, 0) is 28.1 Å². The predicted octanol–water partition coefficient (Wildman–Crippen LogP) is 2.79. The highest BCUT2D eigenvalue weighted by Crippen LogP contribution is 2.25. The Balaban J connectivity index is 1.83. The summed E-state index contributed by atoms with van der Waals surface area (Å²) in [4.78, 5) is 22.8. The summed E-state index contributed by atoms with van der Waals surface area (Å²) < 4.78 is 14.4. The number of carbonyl (C=O) groups is 1. The summed E-state index contributed by atoms with van der Waals surface area (Å²) in [6, 6.07) is 5.08. The van der Waals surface area contributed by atoms with Gasteiger partial charge in [0.1, 0.15) is 17.2 Å². The number of pyridine rings is 2. The van der Waals surface area contributed by atoms with Crippen LogP contribution in [0.4, 0.5) is 4.39 Å². The zero-order chi connectivity index (χ0) is 14.8. The fourth-order valence-corrected chi connectivity index (χ4v) is 2.30. The maximum Gasteiger partial charge on any atom is 0.270 e. The molecule has 0 aliphatic carbocycles. The number of aromatic nitrogens is 3. The lowest BCUT2D eigenvalue weighted by Gasteiger charge is -2.04. The molecule has 0 radical (unpaired) electrons. The highest BCUT2D eigenvalue weighted by Gasteiger charge is 2.14. The van der Waals surface area contributed by atoms with Crippen molar-refractivity contribution in [2.24, 2.45) is 0 Å². The molecule has 7 heteroatoms. The number of hydrogen-bond donors (Lipinski definition) is 2. The number of nitrogens with one attached hydrogen (secondary N) is 2. The van der Waals surface area contributed by atoms with Crippen molar-refractivity contribution in [2.75, 3.05) is 0 Å². The second kappa shape index (κ2) is 5.61. The minimum atomic E-state index is -0.400. The van der Waals surface area contributed by atoms with Crippen molar-refractivity contribution in [3.05, 3.63) is 58.3 Å². The molecule has 3 heterocycles. The average molecular weight is 349 g/mol. The van der Waals surface area contributed by atoms with Gasteiger partial charge in [0.15, 0.2) is 0 Å². The van der Waals surface area contributed by atoms with Crippen molar-refractivity contribution in [1.82, 2.24) is 20.3 Å². The summed E-state index contributed by atoms with van der Waals surface area (Å²) in [5.74, 6) is -0.711. The molecule has 0 atom stereocenters. The third-order valence-corrected chi connectivity index (χ3v) is 3.57. The van der Waals surface area contributed by atoms with E-state index in [1.807, 2.05) is 0 Å². The van der Waals surface area contributed by atoms with Gasteiger partial charge in [-0.1, -0.05) is 6.07 Å². The average Bonchev–Trinajstić information content (AvgIpc) is 2.93. The number of hydrogen-bond acceptors (Lipinski definition) is 3. The first-order chi connectivity index (χ1) is 10.2. The van der Waals surface area contributed by atoms with Gasteiger partial charge >= 0.3 is 0 Å². The van der Waals surface area contributed by atoms with Crippen LogP contribution in [0.2, 0.25) is 0 Å². The lowest BCUT2D eigenvalue weighted by molar-refractivity contribution is 0.0946. The standard InChI is InChI=1S/C14H10BrFN4O/c15-9-7-19-13-11(12(9)16)8(5-18-13)6-20-14(21)10-3-1-2-4-17-10/h1-5,7H,6H2,(H,18,19)(H,20,21). The first-order valence-corrected chi connectivity index (χ1v) is 6.95.